The minimum Gasteiger partial charge on any atom is -0.334 e. The molecule has 6 nitrogen and oxygen atoms in total. The number of imide groups is 1. The first-order valence-electron chi connectivity index (χ1n) is 7.29. The van der Waals surface area contributed by atoms with E-state index in [4.69, 9.17) is 0 Å². The minimum absolute atomic E-state index is 0.0155. The van der Waals surface area contributed by atoms with Crippen molar-refractivity contribution in [2.24, 2.45) is 0 Å². The molecule has 0 unspecified atom stereocenters. The van der Waals surface area contributed by atoms with Crippen LogP contribution >= 0.6 is 0 Å². The van der Waals surface area contributed by atoms with Crippen LogP contribution in [0.15, 0.2) is 30.3 Å². The average Bonchev–Trinajstić information content (AvgIpc) is 2.72. The zero-order valence-corrected chi connectivity index (χ0v) is 13.2. The molecule has 4 amide bonds. The largest absolute Gasteiger partial charge is 0.334 e. The van der Waals surface area contributed by atoms with Gasteiger partial charge in [0.15, 0.2) is 0 Å². The van der Waals surface area contributed by atoms with Gasteiger partial charge in [0.05, 0.1) is 0 Å². The topological polar surface area (TPSA) is 60.9 Å². The molecule has 0 N–H and O–H groups in total. The van der Waals surface area contributed by atoms with Crippen LogP contribution in [0.3, 0.4) is 0 Å². The smallest absolute Gasteiger partial charge is 0.327 e. The summed E-state index contributed by atoms with van der Waals surface area (Å²) in [6.07, 6.45) is 0. The number of carbonyl (C=O) groups is 3. The summed E-state index contributed by atoms with van der Waals surface area (Å²) in [4.78, 5) is 40.1. The highest BCUT2D eigenvalue weighted by molar-refractivity contribution is 6.04. The first kappa shape index (κ1) is 16.0. The van der Waals surface area contributed by atoms with Crippen LogP contribution in [0.5, 0.6) is 0 Å². The summed E-state index contributed by atoms with van der Waals surface area (Å²) in [6.45, 7) is 4.13. The van der Waals surface area contributed by atoms with Gasteiger partial charge < -0.3 is 9.80 Å². The lowest BCUT2D eigenvalue weighted by atomic mass is 10.2. The highest BCUT2D eigenvalue weighted by Gasteiger charge is 2.36. The van der Waals surface area contributed by atoms with Gasteiger partial charge in [-0.05, 0) is 19.4 Å². The highest BCUT2D eigenvalue weighted by Crippen LogP contribution is 2.12. The van der Waals surface area contributed by atoms with Crippen molar-refractivity contribution < 1.29 is 14.4 Å². The molecule has 0 saturated carbocycles. The standard InChI is InChI=1S/C16H21N3O3/c1-12(2)18(9-13-7-5-4-6-8-13)15(21)11-19-14(20)10-17(3)16(19)22/h4-8,12H,9-11H2,1-3H3. The molecule has 1 aliphatic heterocycles. The van der Waals surface area contributed by atoms with Crippen molar-refractivity contribution in [3.05, 3.63) is 35.9 Å². The van der Waals surface area contributed by atoms with Crippen LogP contribution in [0.25, 0.3) is 0 Å². The van der Waals surface area contributed by atoms with Crippen LogP contribution < -0.4 is 0 Å². The van der Waals surface area contributed by atoms with E-state index >= 15 is 0 Å². The SMILES string of the molecule is CC(C)N(Cc1ccccc1)C(=O)CN1C(=O)CN(C)C1=O. The second kappa shape index (κ2) is 6.60. The second-order valence-electron chi connectivity index (χ2n) is 5.72. The van der Waals surface area contributed by atoms with Gasteiger partial charge in [-0.2, -0.15) is 0 Å². The van der Waals surface area contributed by atoms with Crippen LogP contribution in [0.2, 0.25) is 0 Å². The maximum absolute atomic E-state index is 12.5. The molecule has 0 bridgehead atoms. The number of urea groups is 1. The number of likely N-dealkylation sites (N-methyl/N-ethyl adjacent to an activating group) is 1. The monoisotopic (exact) mass is 303 g/mol. The van der Waals surface area contributed by atoms with Crippen molar-refractivity contribution in [1.29, 1.82) is 0 Å². The number of amides is 4. The van der Waals surface area contributed by atoms with Gasteiger partial charge >= 0.3 is 6.03 Å². The van der Waals surface area contributed by atoms with Crippen molar-refractivity contribution in [3.63, 3.8) is 0 Å². The number of rotatable bonds is 5. The van der Waals surface area contributed by atoms with Gasteiger partial charge in [-0.3, -0.25) is 14.5 Å². The molecule has 1 heterocycles. The zero-order valence-electron chi connectivity index (χ0n) is 13.2. The molecule has 0 aromatic heterocycles. The number of benzene rings is 1. The third kappa shape index (κ3) is 3.44. The lowest BCUT2D eigenvalue weighted by Crippen LogP contribution is -2.45. The van der Waals surface area contributed by atoms with E-state index < -0.39 is 6.03 Å². The fourth-order valence-corrected chi connectivity index (χ4v) is 2.39. The molecule has 0 atom stereocenters. The summed E-state index contributed by atoms with van der Waals surface area (Å²) in [5.41, 5.74) is 1.01. The van der Waals surface area contributed by atoms with Crippen LogP contribution in [-0.2, 0) is 16.1 Å². The lowest BCUT2D eigenvalue weighted by molar-refractivity contribution is -0.138. The summed E-state index contributed by atoms with van der Waals surface area (Å²) in [5.74, 6) is -0.555. The van der Waals surface area contributed by atoms with Gasteiger partial charge in [0.2, 0.25) is 5.91 Å². The van der Waals surface area contributed by atoms with Gasteiger partial charge in [-0.25, -0.2) is 4.79 Å². The number of nitrogens with zero attached hydrogens (tertiary/aromatic N) is 3. The Morgan fingerprint density at radius 3 is 2.36 bits per heavy atom. The Kier molecular flexibility index (Phi) is 4.80. The van der Waals surface area contributed by atoms with E-state index in [0.717, 1.165) is 10.5 Å². The Labute approximate surface area is 130 Å². The van der Waals surface area contributed by atoms with Crippen LogP contribution in [-0.4, -0.2) is 58.7 Å². The van der Waals surface area contributed by atoms with Crippen LogP contribution in [0.1, 0.15) is 19.4 Å². The van der Waals surface area contributed by atoms with E-state index in [2.05, 4.69) is 0 Å². The first-order valence-corrected chi connectivity index (χ1v) is 7.29. The number of carbonyl (C=O) groups excluding carboxylic acids is 3. The van der Waals surface area contributed by atoms with E-state index in [1.165, 1.54) is 4.90 Å². The summed E-state index contributed by atoms with van der Waals surface area (Å²) < 4.78 is 0. The molecule has 0 aliphatic carbocycles. The molecule has 1 saturated heterocycles. The second-order valence-corrected chi connectivity index (χ2v) is 5.72. The maximum Gasteiger partial charge on any atom is 0.327 e. The van der Waals surface area contributed by atoms with Gasteiger partial charge in [-0.15, -0.1) is 0 Å². The molecule has 22 heavy (non-hydrogen) atoms. The predicted octanol–water partition coefficient (Wildman–Crippen LogP) is 1.32. The van der Waals surface area contributed by atoms with Gasteiger partial charge in [-0.1, -0.05) is 30.3 Å². The molecule has 1 aromatic carbocycles. The Morgan fingerprint density at radius 1 is 1.23 bits per heavy atom. The quantitative estimate of drug-likeness (QED) is 0.771. The molecule has 6 heteroatoms. The first-order chi connectivity index (χ1) is 10.4. The van der Waals surface area contributed by atoms with Crippen LogP contribution in [0, 0.1) is 0 Å². The van der Waals surface area contributed by atoms with Crippen molar-refractivity contribution in [2.45, 2.75) is 26.4 Å². The fraction of sp³-hybridized carbons (Fsp3) is 0.438. The third-order valence-corrected chi connectivity index (χ3v) is 3.66. The van der Waals surface area contributed by atoms with Crippen molar-refractivity contribution in [2.75, 3.05) is 20.1 Å². The number of hydrogen-bond acceptors (Lipinski definition) is 3. The van der Waals surface area contributed by atoms with Gasteiger partial charge in [0.25, 0.3) is 5.91 Å². The molecule has 0 radical (unpaired) electrons. The Balaban J connectivity index is 2.07. The van der Waals surface area contributed by atoms with E-state index in [9.17, 15) is 14.4 Å². The molecule has 118 valence electrons. The molecule has 1 aliphatic rings. The zero-order chi connectivity index (χ0) is 16.3. The lowest BCUT2D eigenvalue weighted by Gasteiger charge is -2.28. The minimum atomic E-state index is -0.415. The van der Waals surface area contributed by atoms with Crippen molar-refractivity contribution in [1.82, 2.24) is 14.7 Å². The maximum atomic E-state index is 12.5. The van der Waals surface area contributed by atoms with E-state index in [1.54, 1.807) is 11.9 Å². The highest BCUT2D eigenvalue weighted by atomic mass is 16.2. The molecule has 1 fully saturated rings. The van der Waals surface area contributed by atoms with Crippen molar-refractivity contribution in [3.8, 4) is 0 Å². The fourth-order valence-electron chi connectivity index (χ4n) is 2.39. The molecular weight excluding hydrogens is 282 g/mol. The van der Waals surface area contributed by atoms with E-state index in [1.807, 2.05) is 44.2 Å². The summed E-state index contributed by atoms with van der Waals surface area (Å²) in [6, 6.07) is 9.22. The van der Waals surface area contributed by atoms with E-state index in [0.29, 0.717) is 6.54 Å². The Morgan fingerprint density at radius 2 is 1.86 bits per heavy atom. The van der Waals surface area contributed by atoms with Crippen LogP contribution in [0.4, 0.5) is 4.79 Å². The van der Waals surface area contributed by atoms with Gasteiger partial charge in [0, 0.05) is 19.6 Å². The Hall–Kier alpha value is -2.37. The Bertz CT molecular complexity index is 571. The summed E-state index contributed by atoms with van der Waals surface area (Å²) in [5, 5.41) is 0. The third-order valence-electron chi connectivity index (χ3n) is 3.66. The van der Waals surface area contributed by atoms with E-state index in [-0.39, 0.29) is 30.9 Å². The average molecular weight is 303 g/mol. The van der Waals surface area contributed by atoms with Gasteiger partial charge in [0.1, 0.15) is 13.1 Å². The molecule has 2 rings (SSSR count). The predicted molar refractivity (Wildman–Crippen MR) is 81.9 cm³/mol. The van der Waals surface area contributed by atoms with Crippen molar-refractivity contribution >= 4 is 17.8 Å². The molecule has 1 aromatic rings. The molecule has 0 spiro atoms. The summed E-state index contributed by atoms with van der Waals surface area (Å²) >= 11 is 0. The molecular formula is C16H21N3O3. The number of hydrogen-bond donors (Lipinski definition) is 0. The normalized spacial score (nSPS) is 14.9. The summed E-state index contributed by atoms with van der Waals surface area (Å²) in [7, 11) is 1.55.